The average Bonchev–Trinajstić information content (AvgIpc) is 3.10. The lowest BCUT2D eigenvalue weighted by Gasteiger charge is -2.08. The van der Waals surface area contributed by atoms with Gasteiger partial charge in [0.25, 0.3) is 0 Å². The fraction of sp³-hybridized carbons (Fsp3) is 0.0500. The highest BCUT2D eigenvalue weighted by Gasteiger charge is 2.05. The molecule has 2 aromatic heterocycles. The third-order valence-electron chi connectivity index (χ3n) is 4.00. The van der Waals surface area contributed by atoms with Crippen molar-refractivity contribution in [2.45, 2.75) is 6.54 Å². The maximum absolute atomic E-state index is 4.34. The Kier molecular flexibility index (Phi) is 3.53. The predicted molar refractivity (Wildman–Crippen MR) is 95.3 cm³/mol. The van der Waals surface area contributed by atoms with E-state index in [2.05, 4.69) is 75.9 Å². The Morgan fingerprint density at radius 1 is 0.870 bits per heavy atom. The highest BCUT2D eigenvalue weighted by Crippen LogP contribution is 2.27. The molecule has 0 aliphatic heterocycles. The molecule has 2 heterocycles. The third kappa shape index (κ3) is 2.81. The summed E-state index contributed by atoms with van der Waals surface area (Å²) < 4.78 is 0. The molecule has 2 aromatic carbocycles. The van der Waals surface area contributed by atoms with Gasteiger partial charge in [-0.05, 0) is 41.0 Å². The van der Waals surface area contributed by atoms with Crippen molar-refractivity contribution in [1.82, 2.24) is 9.97 Å². The van der Waals surface area contributed by atoms with Gasteiger partial charge in [0.1, 0.15) is 5.65 Å². The van der Waals surface area contributed by atoms with Gasteiger partial charge in [-0.25, -0.2) is 4.98 Å². The van der Waals surface area contributed by atoms with Crippen LogP contribution >= 0.6 is 0 Å². The van der Waals surface area contributed by atoms with Crippen LogP contribution < -0.4 is 5.32 Å². The number of benzene rings is 2. The van der Waals surface area contributed by atoms with Crippen molar-refractivity contribution >= 4 is 16.7 Å². The number of nitrogens with one attached hydrogen (secondary N) is 2. The first-order valence-corrected chi connectivity index (χ1v) is 7.70. The summed E-state index contributed by atoms with van der Waals surface area (Å²) >= 11 is 0. The van der Waals surface area contributed by atoms with Crippen LogP contribution in [0.3, 0.4) is 0 Å². The topological polar surface area (TPSA) is 40.7 Å². The Labute approximate surface area is 135 Å². The Morgan fingerprint density at radius 3 is 2.52 bits per heavy atom. The fourth-order valence-corrected chi connectivity index (χ4v) is 2.78. The van der Waals surface area contributed by atoms with Gasteiger partial charge in [0, 0.05) is 30.0 Å². The number of pyridine rings is 1. The number of hydrogen-bond acceptors (Lipinski definition) is 2. The molecule has 0 saturated heterocycles. The van der Waals surface area contributed by atoms with E-state index in [1.54, 1.807) is 0 Å². The van der Waals surface area contributed by atoms with Gasteiger partial charge in [0.05, 0.1) is 0 Å². The van der Waals surface area contributed by atoms with E-state index >= 15 is 0 Å². The summed E-state index contributed by atoms with van der Waals surface area (Å²) in [7, 11) is 0. The van der Waals surface area contributed by atoms with Crippen LogP contribution in [-0.2, 0) is 6.54 Å². The van der Waals surface area contributed by atoms with E-state index in [1.807, 2.05) is 18.5 Å². The van der Waals surface area contributed by atoms with E-state index in [-0.39, 0.29) is 0 Å². The first-order valence-electron chi connectivity index (χ1n) is 7.70. The molecule has 0 atom stereocenters. The standard InChI is InChI=1S/C20H17N3/c1-2-4-15(5-3-1)14-23-17-8-6-16(7-9-17)18-10-12-21-20-19(18)11-13-22-20/h1-13,23H,14H2,(H,21,22). The fourth-order valence-electron chi connectivity index (χ4n) is 2.78. The molecular formula is C20H17N3. The molecule has 3 nitrogen and oxygen atoms in total. The summed E-state index contributed by atoms with van der Waals surface area (Å²) in [4.78, 5) is 7.50. The van der Waals surface area contributed by atoms with Gasteiger partial charge in [-0.2, -0.15) is 0 Å². The maximum Gasteiger partial charge on any atom is 0.137 e. The van der Waals surface area contributed by atoms with Gasteiger partial charge in [0.2, 0.25) is 0 Å². The number of fused-ring (bicyclic) bond motifs is 1. The number of nitrogens with zero attached hydrogens (tertiary/aromatic N) is 1. The van der Waals surface area contributed by atoms with Crippen molar-refractivity contribution in [2.24, 2.45) is 0 Å². The van der Waals surface area contributed by atoms with Crippen LogP contribution in [0.5, 0.6) is 0 Å². The molecule has 112 valence electrons. The van der Waals surface area contributed by atoms with E-state index in [4.69, 9.17) is 0 Å². The molecular weight excluding hydrogens is 282 g/mol. The van der Waals surface area contributed by atoms with Crippen LogP contribution in [0.1, 0.15) is 5.56 Å². The van der Waals surface area contributed by atoms with Gasteiger partial charge < -0.3 is 10.3 Å². The Balaban J connectivity index is 1.55. The van der Waals surface area contributed by atoms with Gasteiger partial charge in [-0.3, -0.25) is 0 Å². The molecule has 4 aromatic rings. The van der Waals surface area contributed by atoms with Gasteiger partial charge in [-0.15, -0.1) is 0 Å². The molecule has 0 aliphatic carbocycles. The molecule has 0 fully saturated rings. The van der Waals surface area contributed by atoms with Crippen molar-refractivity contribution in [3.63, 3.8) is 0 Å². The molecule has 23 heavy (non-hydrogen) atoms. The minimum atomic E-state index is 0.831. The van der Waals surface area contributed by atoms with Gasteiger partial charge in [-0.1, -0.05) is 42.5 Å². The van der Waals surface area contributed by atoms with Crippen molar-refractivity contribution in [3.8, 4) is 11.1 Å². The minimum absolute atomic E-state index is 0.831. The zero-order valence-corrected chi connectivity index (χ0v) is 12.7. The smallest absolute Gasteiger partial charge is 0.137 e. The van der Waals surface area contributed by atoms with Crippen molar-refractivity contribution in [1.29, 1.82) is 0 Å². The summed E-state index contributed by atoms with van der Waals surface area (Å²) in [6.07, 6.45) is 3.77. The number of hydrogen-bond donors (Lipinski definition) is 2. The second kappa shape index (κ2) is 5.97. The highest BCUT2D eigenvalue weighted by atomic mass is 14.9. The predicted octanol–water partition coefficient (Wildman–Crippen LogP) is 4.84. The van der Waals surface area contributed by atoms with Gasteiger partial charge >= 0.3 is 0 Å². The molecule has 0 unspecified atom stereocenters. The number of anilines is 1. The molecule has 0 spiro atoms. The first-order chi connectivity index (χ1) is 11.4. The van der Waals surface area contributed by atoms with Gasteiger partial charge in [0.15, 0.2) is 0 Å². The quantitative estimate of drug-likeness (QED) is 0.566. The zero-order valence-electron chi connectivity index (χ0n) is 12.7. The molecule has 0 amide bonds. The third-order valence-corrected chi connectivity index (χ3v) is 4.00. The molecule has 0 bridgehead atoms. The van der Waals surface area contributed by atoms with Crippen LogP contribution in [0.2, 0.25) is 0 Å². The second-order valence-electron chi connectivity index (χ2n) is 5.51. The first kappa shape index (κ1) is 13.6. The van der Waals surface area contributed by atoms with E-state index in [1.165, 1.54) is 16.7 Å². The minimum Gasteiger partial charge on any atom is -0.381 e. The number of aromatic amines is 1. The lowest BCUT2D eigenvalue weighted by atomic mass is 10.0. The van der Waals surface area contributed by atoms with Crippen LogP contribution in [0.4, 0.5) is 5.69 Å². The molecule has 0 aliphatic rings. The monoisotopic (exact) mass is 299 g/mol. The Morgan fingerprint density at radius 2 is 1.70 bits per heavy atom. The lowest BCUT2D eigenvalue weighted by molar-refractivity contribution is 1.15. The normalized spacial score (nSPS) is 10.8. The van der Waals surface area contributed by atoms with Crippen LogP contribution in [-0.4, -0.2) is 9.97 Å². The second-order valence-corrected chi connectivity index (χ2v) is 5.51. The van der Waals surface area contributed by atoms with E-state index < -0.39 is 0 Å². The highest BCUT2D eigenvalue weighted by molar-refractivity contribution is 5.92. The molecule has 2 N–H and O–H groups in total. The van der Waals surface area contributed by atoms with E-state index in [9.17, 15) is 0 Å². The summed E-state index contributed by atoms with van der Waals surface area (Å²) in [6, 6.07) is 23.1. The Hall–Kier alpha value is -3.07. The van der Waals surface area contributed by atoms with E-state index in [0.29, 0.717) is 0 Å². The SMILES string of the molecule is c1ccc(CNc2ccc(-c3ccnc4[nH]ccc34)cc2)cc1. The van der Waals surface area contributed by atoms with Crippen LogP contribution in [0.25, 0.3) is 22.2 Å². The summed E-state index contributed by atoms with van der Waals surface area (Å²) in [5, 5.41) is 4.60. The van der Waals surface area contributed by atoms with Crippen molar-refractivity contribution in [2.75, 3.05) is 5.32 Å². The lowest BCUT2D eigenvalue weighted by Crippen LogP contribution is -1.98. The van der Waals surface area contributed by atoms with Crippen molar-refractivity contribution in [3.05, 3.63) is 84.7 Å². The molecule has 3 heteroatoms. The number of aromatic nitrogens is 2. The summed E-state index contributed by atoms with van der Waals surface area (Å²) in [5.74, 6) is 0. The largest absolute Gasteiger partial charge is 0.381 e. The number of H-pyrrole nitrogens is 1. The van der Waals surface area contributed by atoms with Crippen molar-refractivity contribution < 1.29 is 0 Å². The summed E-state index contributed by atoms with van der Waals surface area (Å²) in [5.41, 5.74) is 5.72. The van der Waals surface area contributed by atoms with Crippen LogP contribution in [0.15, 0.2) is 79.1 Å². The van der Waals surface area contributed by atoms with E-state index in [0.717, 1.165) is 23.3 Å². The Bertz CT molecular complexity index is 908. The van der Waals surface area contributed by atoms with Crippen LogP contribution in [0, 0.1) is 0 Å². The number of rotatable bonds is 4. The summed E-state index contributed by atoms with van der Waals surface area (Å²) in [6.45, 7) is 0.831. The molecule has 0 radical (unpaired) electrons. The molecule has 4 rings (SSSR count). The average molecular weight is 299 g/mol. The maximum atomic E-state index is 4.34. The molecule has 0 saturated carbocycles. The zero-order chi connectivity index (χ0) is 15.5.